The molecule has 1 aromatic carbocycles. The van der Waals surface area contributed by atoms with Crippen LogP contribution in [0.4, 0.5) is 0 Å². The van der Waals surface area contributed by atoms with Crippen LogP contribution in [0.3, 0.4) is 0 Å². The SMILES string of the molecule is CCNC(=NCCc1sc(C)nc1C)NCCc1c[nH]c2c(C)cccc12.I. The number of aryl methyl sites for hydroxylation is 3. The number of para-hydroxylation sites is 1. The van der Waals surface area contributed by atoms with Gasteiger partial charge in [-0.05, 0) is 45.2 Å². The van der Waals surface area contributed by atoms with Gasteiger partial charge in [-0.3, -0.25) is 4.99 Å². The van der Waals surface area contributed by atoms with Gasteiger partial charge in [0.1, 0.15) is 0 Å². The minimum atomic E-state index is 0. The Balaban J connectivity index is 0.00000280. The summed E-state index contributed by atoms with van der Waals surface area (Å²) < 4.78 is 0. The predicted molar refractivity (Wildman–Crippen MR) is 131 cm³/mol. The topological polar surface area (TPSA) is 65.1 Å². The number of aromatic amines is 1. The van der Waals surface area contributed by atoms with Crippen LogP contribution in [0.1, 0.15) is 33.6 Å². The van der Waals surface area contributed by atoms with Crippen LogP contribution >= 0.6 is 35.3 Å². The minimum Gasteiger partial charge on any atom is -0.361 e. The van der Waals surface area contributed by atoms with Crippen molar-refractivity contribution in [3.05, 3.63) is 51.1 Å². The Morgan fingerprint density at radius 1 is 1.18 bits per heavy atom. The van der Waals surface area contributed by atoms with Crippen molar-refractivity contribution >= 4 is 52.2 Å². The quantitative estimate of drug-likeness (QED) is 0.249. The Morgan fingerprint density at radius 2 is 2.00 bits per heavy atom. The molecule has 2 aromatic heterocycles. The number of hydrogen-bond donors (Lipinski definition) is 3. The van der Waals surface area contributed by atoms with Gasteiger partial charge in [-0.15, -0.1) is 35.3 Å². The molecule has 0 aliphatic carbocycles. The van der Waals surface area contributed by atoms with Crippen LogP contribution in [-0.4, -0.2) is 35.6 Å². The fourth-order valence-corrected chi connectivity index (χ4v) is 4.23. The Morgan fingerprint density at radius 3 is 2.71 bits per heavy atom. The summed E-state index contributed by atoms with van der Waals surface area (Å²) in [5, 5.41) is 9.24. The second-order valence-electron chi connectivity index (χ2n) is 6.74. The molecule has 7 heteroatoms. The van der Waals surface area contributed by atoms with Gasteiger partial charge in [0.05, 0.1) is 10.7 Å². The maximum absolute atomic E-state index is 4.72. The van der Waals surface area contributed by atoms with E-state index in [0.717, 1.165) is 49.1 Å². The third-order valence-corrected chi connectivity index (χ3v) is 5.78. The number of benzene rings is 1. The first-order chi connectivity index (χ1) is 13.1. The van der Waals surface area contributed by atoms with E-state index >= 15 is 0 Å². The van der Waals surface area contributed by atoms with Crippen molar-refractivity contribution in [3.8, 4) is 0 Å². The van der Waals surface area contributed by atoms with Crippen molar-refractivity contribution in [2.75, 3.05) is 19.6 Å². The third-order valence-electron chi connectivity index (χ3n) is 4.65. The van der Waals surface area contributed by atoms with Gasteiger partial charge < -0.3 is 15.6 Å². The molecule has 0 fully saturated rings. The van der Waals surface area contributed by atoms with E-state index in [9.17, 15) is 0 Å². The molecule has 3 aromatic rings. The molecule has 0 spiro atoms. The second kappa shape index (κ2) is 10.8. The van der Waals surface area contributed by atoms with Crippen LogP contribution < -0.4 is 10.6 Å². The number of aromatic nitrogens is 2. The van der Waals surface area contributed by atoms with Gasteiger partial charge in [0.25, 0.3) is 0 Å². The zero-order chi connectivity index (χ0) is 19.2. The molecule has 3 rings (SSSR count). The normalized spacial score (nSPS) is 11.5. The molecule has 0 aliphatic rings. The van der Waals surface area contributed by atoms with E-state index < -0.39 is 0 Å². The largest absolute Gasteiger partial charge is 0.361 e. The summed E-state index contributed by atoms with van der Waals surface area (Å²) in [5.41, 5.74) is 5.01. The summed E-state index contributed by atoms with van der Waals surface area (Å²) in [6.07, 6.45) is 4.02. The lowest BCUT2D eigenvalue weighted by molar-refractivity contribution is 0.799. The van der Waals surface area contributed by atoms with Crippen molar-refractivity contribution < 1.29 is 0 Å². The smallest absolute Gasteiger partial charge is 0.191 e. The number of thiazole rings is 1. The van der Waals surface area contributed by atoms with Gasteiger partial charge in [0.2, 0.25) is 0 Å². The van der Waals surface area contributed by atoms with Gasteiger partial charge in [0.15, 0.2) is 5.96 Å². The maximum Gasteiger partial charge on any atom is 0.191 e. The highest BCUT2D eigenvalue weighted by atomic mass is 127. The molecule has 0 saturated heterocycles. The summed E-state index contributed by atoms with van der Waals surface area (Å²) in [6.45, 7) is 10.9. The first-order valence-corrected chi connectivity index (χ1v) is 10.4. The fourth-order valence-electron chi connectivity index (χ4n) is 3.30. The average Bonchev–Trinajstić information content (AvgIpc) is 3.19. The predicted octanol–water partition coefficient (Wildman–Crippen LogP) is 4.51. The molecule has 0 unspecified atom stereocenters. The van der Waals surface area contributed by atoms with E-state index in [2.05, 4.69) is 72.7 Å². The van der Waals surface area contributed by atoms with E-state index in [4.69, 9.17) is 4.99 Å². The van der Waals surface area contributed by atoms with Gasteiger partial charge in [0, 0.05) is 48.0 Å². The van der Waals surface area contributed by atoms with Crippen molar-refractivity contribution in [3.63, 3.8) is 0 Å². The zero-order valence-corrected chi connectivity index (χ0v) is 20.2. The molecule has 3 N–H and O–H groups in total. The Hall–Kier alpha value is -1.61. The number of rotatable bonds is 7. The maximum atomic E-state index is 4.72. The minimum absolute atomic E-state index is 0. The number of fused-ring (bicyclic) bond motifs is 1. The molecule has 0 bridgehead atoms. The van der Waals surface area contributed by atoms with Crippen LogP contribution in [0.15, 0.2) is 29.4 Å². The second-order valence-corrected chi connectivity index (χ2v) is 8.03. The average molecular weight is 511 g/mol. The van der Waals surface area contributed by atoms with Crippen LogP contribution in [0.2, 0.25) is 0 Å². The van der Waals surface area contributed by atoms with Gasteiger partial charge in [-0.2, -0.15) is 0 Å². The molecule has 0 saturated carbocycles. The highest BCUT2D eigenvalue weighted by molar-refractivity contribution is 14.0. The molecule has 0 aliphatic heterocycles. The Bertz CT molecular complexity index is 928. The summed E-state index contributed by atoms with van der Waals surface area (Å²) in [6, 6.07) is 6.45. The molecule has 28 heavy (non-hydrogen) atoms. The molecular formula is C21H30IN5S. The van der Waals surface area contributed by atoms with Crippen LogP contribution in [0.25, 0.3) is 10.9 Å². The molecule has 2 heterocycles. The lowest BCUT2D eigenvalue weighted by atomic mass is 10.1. The molecule has 152 valence electrons. The number of guanidine groups is 1. The lowest BCUT2D eigenvalue weighted by Gasteiger charge is -2.11. The first kappa shape index (κ1) is 22.7. The number of H-pyrrole nitrogens is 1. The summed E-state index contributed by atoms with van der Waals surface area (Å²) in [4.78, 5) is 13.9. The summed E-state index contributed by atoms with van der Waals surface area (Å²) >= 11 is 1.77. The van der Waals surface area contributed by atoms with Crippen LogP contribution in [0, 0.1) is 20.8 Å². The number of halogens is 1. The summed E-state index contributed by atoms with van der Waals surface area (Å²) in [7, 11) is 0. The summed E-state index contributed by atoms with van der Waals surface area (Å²) in [5.74, 6) is 0.882. The number of hydrogen-bond acceptors (Lipinski definition) is 3. The highest BCUT2D eigenvalue weighted by Crippen LogP contribution is 2.21. The fraction of sp³-hybridized carbons (Fsp3) is 0.429. The third kappa shape index (κ3) is 5.70. The van der Waals surface area contributed by atoms with Crippen molar-refractivity contribution in [1.82, 2.24) is 20.6 Å². The lowest BCUT2D eigenvalue weighted by Crippen LogP contribution is -2.38. The number of nitrogens with zero attached hydrogens (tertiary/aromatic N) is 2. The Kier molecular flexibility index (Phi) is 8.75. The van der Waals surface area contributed by atoms with E-state index in [-0.39, 0.29) is 24.0 Å². The van der Waals surface area contributed by atoms with Crippen molar-refractivity contribution in [2.45, 2.75) is 40.5 Å². The molecule has 0 atom stereocenters. The number of nitrogens with one attached hydrogen (secondary N) is 3. The van der Waals surface area contributed by atoms with Crippen LogP contribution in [-0.2, 0) is 12.8 Å². The van der Waals surface area contributed by atoms with Crippen molar-refractivity contribution in [2.24, 2.45) is 4.99 Å². The Labute approximate surface area is 188 Å². The monoisotopic (exact) mass is 511 g/mol. The number of aliphatic imine (C=N–C) groups is 1. The molecular weight excluding hydrogens is 481 g/mol. The van der Waals surface area contributed by atoms with Gasteiger partial charge in [-0.25, -0.2) is 4.98 Å². The van der Waals surface area contributed by atoms with E-state index in [1.54, 1.807) is 11.3 Å². The van der Waals surface area contributed by atoms with E-state index in [0.29, 0.717) is 0 Å². The van der Waals surface area contributed by atoms with E-state index in [1.165, 1.54) is 26.9 Å². The standard InChI is InChI=1S/C21H29N5S.HI/c1-5-22-21(24-12-10-19-15(3)26-16(4)27-19)23-11-9-17-13-25-20-14(2)7-6-8-18(17)20;/h6-8,13,25H,5,9-12H2,1-4H3,(H2,22,23,24);1H. The van der Waals surface area contributed by atoms with Gasteiger partial charge >= 0.3 is 0 Å². The van der Waals surface area contributed by atoms with Crippen LogP contribution in [0.5, 0.6) is 0 Å². The molecule has 0 radical (unpaired) electrons. The molecule has 5 nitrogen and oxygen atoms in total. The van der Waals surface area contributed by atoms with Crippen molar-refractivity contribution in [1.29, 1.82) is 0 Å². The zero-order valence-electron chi connectivity index (χ0n) is 17.1. The van der Waals surface area contributed by atoms with E-state index in [1.807, 2.05) is 0 Å². The highest BCUT2D eigenvalue weighted by Gasteiger charge is 2.07. The first-order valence-electron chi connectivity index (χ1n) is 9.59. The molecule has 0 amide bonds. The van der Waals surface area contributed by atoms with Gasteiger partial charge in [-0.1, -0.05) is 18.2 Å².